The molecule has 4 aromatic rings. The van der Waals surface area contributed by atoms with E-state index >= 15 is 0 Å². The summed E-state index contributed by atoms with van der Waals surface area (Å²) >= 11 is 11.9. The van der Waals surface area contributed by atoms with Crippen molar-refractivity contribution in [3.8, 4) is 0 Å². The predicted octanol–water partition coefficient (Wildman–Crippen LogP) is 6.76. The number of rotatable bonds is 9. The summed E-state index contributed by atoms with van der Waals surface area (Å²) in [5, 5.41) is 27.2. The third-order valence-electron chi connectivity index (χ3n) is 8.85. The summed E-state index contributed by atoms with van der Waals surface area (Å²) in [6.45, 7) is 3.93. The molecule has 2 saturated heterocycles. The SMILES string of the molecule is O[C@@]1(c2ccc(Cl)cc2)CCN(CP)C[C@H]1OCc1ccccc1.O[C@@]1(c2ccc(Cl)cc2)CCNC[C@H]1OCc1ccccc1. The maximum absolute atomic E-state index is 11.4. The standard InChI is InChI=1S/C19H23ClNO2P.C18H20ClNO2/c20-17-8-6-16(7-9-17)19(22)10-11-21(14-24)12-18(19)23-13-15-4-2-1-3-5-15;19-16-8-6-15(7-9-16)18(21)10-11-20-12-17(18)22-13-14-4-2-1-3-5-14/h1-9,18,22H,10-14,24H2;1-9,17,20-21H,10-13H2/t18-,19-;17-,18-/m11/s1. The van der Waals surface area contributed by atoms with Crippen LogP contribution in [0.15, 0.2) is 109 Å². The van der Waals surface area contributed by atoms with Crippen molar-refractivity contribution < 1.29 is 19.7 Å². The Balaban J connectivity index is 0.000000182. The van der Waals surface area contributed by atoms with E-state index < -0.39 is 11.2 Å². The highest BCUT2D eigenvalue weighted by Gasteiger charge is 2.44. The van der Waals surface area contributed by atoms with E-state index in [0.717, 1.165) is 41.6 Å². The van der Waals surface area contributed by atoms with Gasteiger partial charge in [-0.2, -0.15) is 0 Å². The Bertz CT molecular complexity index is 1480. The Hall–Kier alpha value is -2.35. The van der Waals surface area contributed by atoms with Crippen LogP contribution in [0.3, 0.4) is 0 Å². The van der Waals surface area contributed by atoms with Crippen LogP contribution in [-0.4, -0.2) is 59.8 Å². The molecule has 6 nitrogen and oxygen atoms in total. The number of hydrogen-bond acceptors (Lipinski definition) is 6. The summed E-state index contributed by atoms with van der Waals surface area (Å²) in [5.74, 6) is 0. The van der Waals surface area contributed by atoms with Gasteiger partial charge < -0.3 is 25.0 Å². The zero-order valence-corrected chi connectivity index (χ0v) is 28.6. The highest BCUT2D eigenvalue weighted by molar-refractivity contribution is 7.16. The third-order valence-corrected chi connectivity index (χ3v) is 9.87. The van der Waals surface area contributed by atoms with Crippen LogP contribution in [0, 0.1) is 0 Å². The van der Waals surface area contributed by atoms with E-state index in [-0.39, 0.29) is 12.2 Å². The highest BCUT2D eigenvalue weighted by atomic mass is 35.5. The van der Waals surface area contributed by atoms with Crippen molar-refractivity contribution >= 4 is 32.4 Å². The molecule has 2 aliphatic heterocycles. The average Bonchev–Trinajstić information content (AvgIpc) is 3.09. The lowest BCUT2D eigenvalue weighted by atomic mass is 9.82. The molecule has 3 N–H and O–H groups in total. The predicted molar refractivity (Wildman–Crippen MR) is 189 cm³/mol. The molecule has 0 radical (unpaired) electrons. The minimum absolute atomic E-state index is 0.284. The number of piperidine rings is 2. The fraction of sp³-hybridized carbons (Fsp3) is 0.351. The van der Waals surface area contributed by atoms with Gasteiger partial charge in [-0.15, -0.1) is 9.24 Å². The minimum atomic E-state index is -0.990. The van der Waals surface area contributed by atoms with E-state index in [1.165, 1.54) is 0 Å². The quantitative estimate of drug-likeness (QED) is 0.170. The lowest BCUT2D eigenvalue weighted by molar-refractivity contribution is -0.154. The van der Waals surface area contributed by atoms with Gasteiger partial charge in [0.05, 0.1) is 13.2 Å². The van der Waals surface area contributed by atoms with Gasteiger partial charge in [-0.3, -0.25) is 4.90 Å². The molecule has 0 aliphatic carbocycles. The van der Waals surface area contributed by atoms with Crippen LogP contribution in [0.2, 0.25) is 10.0 Å². The Labute approximate surface area is 284 Å². The highest BCUT2D eigenvalue weighted by Crippen LogP contribution is 2.36. The zero-order chi connectivity index (χ0) is 32.4. The first-order chi connectivity index (χ1) is 22.3. The van der Waals surface area contributed by atoms with Gasteiger partial charge >= 0.3 is 0 Å². The van der Waals surface area contributed by atoms with Crippen LogP contribution in [-0.2, 0) is 33.9 Å². The Morgan fingerprint density at radius 1 is 0.696 bits per heavy atom. The maximum atomic E-state index is 11.4. The van der Waals surface area contributed by atoms with Crippen LogP contribution in [0.25, 0.3) is 0 Å². The molecule has 46 heavy (non-hydrogen) atoms. The second kappa shape index (κ2) is 16.7. The first-order valence-electron chi connectivity index (χ1n) is 15.7. The summed E-state index contributed by atoms with van der Waals surface area (Å²) < 4.78 is 12.2. The number of nitrogens with one attached hydrogen (secondary N) is 1. The molecule has 5 atom stereocenters. The van der Waals surface area contributed by atoms with E-state index in [2.05, 4.69) is 19.5 Å². The van der Waals surface area contributed by atoms with Gasteiger partial charge in [0.25, 0.3) is 0 Å². The molecule has 2 fully saturated rings. The smallest absolute Gasteiger partial charge is 0.118 e. The number of halogens is 2. The van der Waals surface area contributed by atoms with Gasteiger partial charge in [0.15, 0.2) is 0 Å². The van der Waals surface area contributed by atoms with Gasteiger partial charge in [0, 0.05) is 36.0 Å². The van der Waals surface area contributed by atoms with Crippen LogP contribution in [0.1, 0.15) is 35.1 Å². The molecule has 1 unspecified atom stereocenters. The molecule has 2 aliphatic rings. The monoisotopic (exact) mass is 680 g/mol. The summed E-state index contributed by atoms with van der Waals surface area (Å²) in [6, 6.07) is 34.9. The van der Waals surface area contributed by atoms with E-state index in [1.54, 1.807) is 0 Å². The average molecular weight is 682 g/mol. The van der Waals surface area contributed by atoms with Gasteiger partial charge in [-0.05, 0) is 65.9 Å². The van der Waals surface area contributed by atoms with Crippen molar-refractivity contribution in [3.63, 3.8) is 0 Å². The van der Waals surface area contributed by atoms with Crippen molar-refractivity contribution in [1.82, 2.24) is 10.2 Å². The molecule has 0 bridgehead atoms. The van der Waals surface area contributed by atoms with Crippen LogP contribution in [0.5, 0.6) is 0 Å². The van der Waals surface area contributed by atoms with E-state index in [0.29, 0.717) is 49.2 Å². The molecule has 2 heterocycles. The van der Waals surface area contributed by atoms with Gasteiger partial charge in [-0.25, -0.2) is 0 Å². The van der Waals surface area contributed by atoms with Crippen LogP contribution in [0.4, 0.5) is 0 Å². The van der Waals surface area contributed by atoms with Crippen LogP contribution < -0.4 is 5.32 Å². The van der Waals surface area contributed by atoms with Crippen molar-refractivity contribution in [2.24, 2.45) is 0 Å². The van der Waals surface area contributed by atoms with E-state index in [4.69, 9.17) is 32.7 Å². The lowest BCUT2D eigenvalue weighted by Gasteiger charge is -2.44. The number of benzene rings is 4. The van der Waals surface area contributed by atoms with Crippen LogP contribution >= 0.6 is 32.4 Å². The molecule has 0 amide bonds. The minimum Gasteiger partial charge on any atom is -0.382 e. The molecule has 0 aromatic heterocycles. The molecule has 4 aromatic carbocycles. The second-order valence-electron chi connectivity index (χ2n) is 11.9. The number of likely N-dealkylation sites (tertiary alicyclic amines) is 1. The molecule has 0 saturated carbocycles. The summed E-state index contributed by atoms with van der Waals surface area (Å²) in [7, 11) is 2.75. The maximum Gasteiger partial charge on any atom is 0.118 e. The fourth-order valence-electron chi connectivity index (χ4n) is 6.04. The lowest BCUT2D eigenvalue weighted by Crippen LogP contribution is -2.54. The largest absolute Gasteiger partial charge is 0.382 e. The summed E-state index contributed by atoms with van der Waals surface area (Å²) in [6.07, 6.45) is 1.56. The molecular formula is C37H43Cl2N2O4P. The zero-order valence-electron chi connectivity index (χ0n) is 25.9. The van der Waals surface area contributed by atoms with E-state index in [1.807, 2.05) is 109 Å². The molecule has 0 spiro atoms. The van der Waals surface area contributed by atoms with Crippen molar-refractivity contribution in [3.05, 3.63) is 141 Å². The Kier molecular flexibility index (Phi) is 12.7. The van der Waals surface area contributed by atoms with Crippen molar-refractivity contribution in [1.29, 1.82) is 0 Å². The summed E-state index contributed by atoms with van der Waals surface area (Å²) in [5.41, 5.74) is 1.97. The number of nitrogens with zero attached hydrogens (tertiary/aromatic N) is 1. The van der Waals surface area contributed by atoms with Gasteiger partial charge in [0.2, 0.25) is 0 Å². The van der Waals surface area contributed by atoms with Crippen molar-refractivity contribution in [2.45, 2.75) is 49.5 Å². The number of hydrogen-bond donors (Lipinski definition) is 3. The summed E-state index contributed by atoms with van der Waals surface area (Å²) in [4.78, 5) is 2.28. The Morgan fingerprint density at radius 3 is 1.67 bits per heavy atom. The molecule has 6 rings (SSSR count). The fourth-order valence-corrected chi connectivity index (χ4v) is 6.62. The molecule has 9 heteroatoms. The van der Waals surface area contributed by atoms with E-state index in [9.17, 15) is 10.2 Å². The molecule has 244 valence electrons. The van der Waals surface area contributed by atoms with Crippen molar-refractivity contribution in [2.75, 3.05) is 32.5 Å². The number of aliphatic hydroxyl groups is 2. The van der Waals surface area contributed by atoms with Gasteiger partial charge in [0.1, 0.15) is 23.4 Å². The first-order valence-corrected chi connectivity index (χ1v) is 17.3. The van der Waals surface area contributed by atoms with Gasteiger partial charge in [-0.1, -0.05) is 108 Å². The molecular weight excluding hydrogens is 638 g/mol. The normalized spacial score (nSPS) is 25.0. The Morgan fingerprint density at radius 2 is 1.17 bits per heavy atom. The second-order valence-corrected chi connectivity index (χ2v) is 13.1. The number of ether oxygens (including phenoxy) is 2. The third kappa shape index (κ3) is 8.96. The topological polar surface area (TPSA) is 74.2 Å². The first kappa shape index (κ1) is 35.0.